The Morgan fingerprint density at radius 1 is 1.16 bits per heavy atom. The number of carbonyl (C=O) groups is 1. The minimum atomic E-state index is -0.847. The molecule has 5 heteroatoms. The summed E-state index contributed by atoms with van der Waals surface area (Å²) in [4.78, 5) is 11.2. The van der Waals surface area contributed by atoms with Gasteiger partial charge in [-0.15, -0.1) is 5.92 Å². The van der Waals surface area contributed by atoms with Gasteiger partial charge in [-0.1, -0.05) is 56.2 Å². The first-order valence-corrected chi connectivity index (χ1v) is 11.5. The molecule has 0 aliphatic heterocycles. The molecule has 1 aliphatic rings. The van der Waals surface area contributed by atoms with Crippen molar-refractivity contribution in [3.05, 3.63) is 59.8 Å². The molecule has 2 aromatic carbocycles. The van der Waals surface area contributed by atoms with Crippen LogP contribution in [0.2, 0.25) is 0 Å². The van der Waals surface area contributed by atoms with Crippen LogP contribution in [0.3, 0.4) is 0 Å². The van der Waals surface area contributed by atoms with Crippen molar-refractivity contribution in [3.63, 3.8) is 0 Å². The second kappa shape index (κ2) is 10.4. The molecule has 5 nitrogen and oxygen atoms in total. The topological polar surface area (TPSA) is 75.2 Å². The van der Waals surface area contributed by atoms with E-state index in [1.54, 1.807) is 6.92 Å². The Balaban J connectivity index is 1.55. The molecule has 3 aromatic rings. The van der Waals surface area contributed by atoms with Crippen molar-refractivity contribution in [2.45, 2.75) is 63.9 Å². The zero-order chi connectivity index (χ0) is 22.3. The molecule has 1 unspecified atom stereocenters. The second-order valence-corrected chi connectivity index (χ2v) is 8.68. The zero-order valence-corrected chi connectivity index (χ0v) is 18.5. The number of nitrogens with one attached hydrogen (secondary N) is 1. The number of aliphatic carboxylic acids is 1. The van der Waals surface area contributed by atoms with E-state index in [4.69, 9.17) is 4.74 Å². The normalized spacial score (nSPS) is 16.2. The molecule has 32 heavy (non-hydrogen) atoms. The molecule has 2 N–H and O–H groups in total. The Kier molecular flexibility index (Phi) is 7.11. The molecule has 1 aliphatic carbocycles. The third-order valence-corrected chi connectivity index (χ3v) is 6.37. The highest BCUT2D eigenvalue weighted by Gasteiger charge is 2.22. The van der Waals surface area contributed by atoms with E-state index in [1.165, 1.54) is 32.1 Å². The van der Waals surface area contributed by atoms with Gasteiger partial charge < -0.3 is 9.84 Å². The summed E-state index contributed by atoms with van der Waals surface area (Å²) in [5.74, 6) is 6.16. The number of aromatic amines is 1. The van der Waals surface area contributed by atoms with E-state index in [1.807, 2.05) is 30.5 Å². The lowest BCUT2D eigenvalue weighted by atomic mass is 9.84. The number of benzene rings is 2. The number of hydrogen-bond acceptors (Lipinski definition) is 3. The van der Waals surface area contributed by atoms with Gasteiger partial charge in [-0.05, 0) is 54.7 Å². The van der Waals surface area contributed by atoms with Gasteiger partial charge in [0.25, 0.3) is 0 Å². The fourth-order valence-electron chi connectivity index (χ4n) is 4.68. The van der Waals surface area contributed by atoms with Crippen LogP contribution in [0.1, 0.15) is 75.0 Å². The summed E-state index contributed by atoms with van der Waals surface area (Å²) in [6, 6.07) is 14.1. The SMILES string of the molecule is CC#CC(CC(=O)O)c1ccc(O[C@@H](CC2CCCCC2)c2ccc3[nH]ncc3c2)cc1. The Bertz CT molecular complexity index is 1100. The maximum Gasteiger partial charge on any atom is 0.304 e. The highest BCUT2D eigenvalue weighted by atomic mass is 16.5. The van der Waals surface area contributed by atoms with E-state index in [2.05, 4.69) is 40.2 Å². The Labute approximate surface area is 189 Å². The van der Waals surface area contributed by atoms with E-state index in [9.17, 15) is 9.90 Å². The Morgan fingerprint density at radius 3 is 2.62 bits per heavy atom. The van der Waals surface area contributed by atoms with Crippen LogP contribution >= 0.6 is 0 Å². The van der Waals surface area contributed by atoms with Gasteiger partial charge in [-0.25, -0.2) is 0 Å². The van der Waals surface area contributed by atoms with Crippen molar-refractivity contribution in [1.82, 2.24) is 10.2 Å². The van der Waals surface area contributed by atoms with Crippen LogP contribution < -0.4 is 4.74 Å². The fraction of sp³-hybridized carbons (Fsp3) is 0.407. The summed E-state index contributed by atoms with van der Waals surface area (Å²) in [6.45, 7) is 1.74. The van der Waals surface area contributed by atoms with Crippen LogP contribution in [0.4, 0.5) is 0 Å². The van der Waals surface area contributed by atoms with Gasteiger partial charge in [0.15, 0.2) is 0 Å². The van der Waals surface area contributed by atoms with Crippen LogP contribution in [0.25, 0.3) is 10.9 Å². The molecule has 166 valence electrons. The van der Waals surface area contributed by atoms with Crippen LogP contribution in [0, 0.1) is 17.8 Å². The van der Waals surface area contributed by atoms with Crippen molar-refractivity contribution in [3.8, 4) is 17.6 Å². The van der Waals surface area contributed by atoms with Gasteiger partial charge in [0, 0.05) is 5.39 Å². The summed E-state index contributed by atoms with van der Waals surface area (Å²) in [5, 5.41) is 17.4. The number of fused-ring (bicyclic) bond motifs is 1. The monoisotopic (exact) mass is 430 g/mol. The largest absolute Gasteiger partial charge is 0.486 e. The molecule has 1 aromatic heterocycles. The molecule has 0 radical (unpaired) electrons. The average Bonchev–Trinajstić information content (AvgIpc) is 3.27. The van der Waals surface area contributed by atoms with Crippen LogP contribution in [-0.4, -0.2) is 21.3 Å². The van der Waals surface area contributed by atoms with Crippen LogP contribution in [-0.2, 0) is 4.79 Å². The summed E-state index contributed by atoms with van der Waals surface area (Å²) in [6.07, 6.45) is 9.27. The van der Waals surface area contributed by atoms with Gasteiger partial charge >= 0.3 is 5.97 Å². The van der Waals surface area contributed by atoms with Crippen molar-refractivity contribution in [2.24, 2.45) is 5.92 Å². The van der Waals surface area contributed by atoms with Crippen molar-refractivity contribution < 1.29 is 14.6 Å². The summed E-state index contributed by atoms with van der Waals surface area (Å²) in [5.41, 5.74) is 3.09. The predicted octanol–water partition coefficient (Wildman–Crippen LogP) is 6.24. The Morgan fingerprint density at radius 2 is 1.91 bits per heavy atom. The molecule has 1 fully saturated rings. The second-order valence-electron chi connectivity index (χ2n) is 8.68. The van der Waals surface area contributed by atoms with E-state index in [0.29, 0.717) is 5.92 Å². The molecule has 0 bridgehead atoms. The van der Waals surface area contributed by atoms with Gasteiger partial charge in [0.05, 0.1) is 24.1 Å². The van der Waals surface area contributed by atoms with E-state index in [-0.39, 0.29) is 18.4 Å². The lowest BCUT2D eigenvalue weighted by Gasteiger charge is -2.27. The van der Waals surface area contributed by atoms with Crippen LogP contribution in [0.15, 0.2) is 48.7 Å². The molecular weight excluding hydrogens is 400 g/mol. The van der Waals surface area contributed by atoms with Gasteiger partial charge in [-0.3, -0.25) is 9.89 Å². The standard InChI is InChI=1S/C27H30N2O3/c1-2-6-21(17-27(30)31)20-9-12-24(13-10-20)32-26(15-19-7-4-3-5-8-19)22-11-14-25-23(16-22)18-28-29-25/h9-14,16,18-19,21,26H,3-5,7-8,15,17H2,1H3,(H,28,29)(H,30,31)/t21?,26-/m0/s1. The summed E-state index contributed by atoms with van der Waals surface area (Å²) >= 11 is 0. The summed E-state index contributed by atoms with van der Waals surface area (Å²) in [7, 11) is 0. The highest BCUT2D eigenvalue weighted by molar-refractivity contribution is 5.78. The zero-order valence-electron chi connectivity index (χ0n) is 18.5. The number of carboxylic acid groups (broad SMARTS) is 1. The molecule has 1 heterocycles. The summed E-state index contributed by atoms with van der Waals surface area (Å²) < 4.78 is 6.52. The minimum absolute atomic E-state index is 0.00391. The maximum absolute atomic E-state index is 11.2. The molecule has 4 rings (SSSR count). The van der Waals surface area contributed by atoms with E-state index < -0.39 is 5.97 Å². The molecule has 0 amide bonds. The third-order valence-electron chi connectivity index (χ3n) is 6.37. The fourth-order valence-corrected chi connectivity index (χ4v) is 4.68. The number of nitrogens with zero attached hydrogens (tertiary/aromatic N) is 1. The third kappa shape index (κ3) is 5.50. The van der Waals surface area contributed by atoms with Gasteiger partial charge in [0.2, 0.25) is 0 Å². The lowest BCUT2D eigenvalue weighted by molar-refractivity contribution is -0.137. The first-order chi connectivity index (χ1) is 15.6. The first-order valence-electron chi connectivity index (χ1n) is 11.5. The van der Waals surface area contributed by atoms with Gasteiger partial charge in [-0.2, -0.15) is 5.10 Å². The molecule has 0 saturated heterocycles. The van der Waals surface area contributed by atoms with Crippen molar-refractivity contribution >= 4 is 16.9 Å². The van der Waals surface area contributed by atoms with Crippen LogP contribution in [0.5, 0.6) is 5.75 Å². The molecule has 1 saturated carbocycles. The predicted molar refractivity (Wildman–Crippen MR) is 126 cm³/mol. The first kappa shape index (κ1) is 22.0. The number of hydrogen-bond donors (Lipinski definition) is 2. The average molecular weight is 431 g/mol. The minimum Gasteiger partial charge on any atom is -0.486 e. The van der Waals surface area contributed by atoms with Crippen molar-refractivity contribution in [2.75, 3.05) is 0 Å². The van der Waals surface area contributed by atoms with E-state index >= 15 is 0 Å². The van der Waals surface area contributed by atoms with Gasteiger partial charge in [0.1, 0.15) is 11.9 Å². The number of aromatic nitrogens is 2. The molecular formula is C27H30N2O3. The number of carboxylic acids is 1. The van der Waals surface area contributed by atoms with Crippen molar-refractivity contribution in [1.29, 1.82) is 0 Å². The maximum atomic E-state index is 11.2. The number of H-pyrrole nitrogens is 1. The molecule has 0 spiro atoms. The lowest BCUT2D eigenvalue weighted by Crippen LogP contribution is -2.16. The number of ether oxygens (including phenoxy) is 1. The highest BCUT2D eigenvalue weighted by Crippen LogP contribution is 2.35. The Hall–Kier alpha value is -3.26. The quantitative estimate of drug-likeness (QED) is 0.415. The molecule has 2 atom stereocenters. The van der Waals surface area contributed by atoms with E-state index in [0.717, 1.165) is 34.2 Å². The number of rotatable bonds is 8. The smallest absolute Gasteiger partial charge is 0.304 e.